The molecule has 0 saturated carbocycles. The van der Waals surface area contributed by atoms with Crippen LogP contribution < -0.4 is 9.92 Å². The minimum absolute atomic E-state index is 0.000925. The number of hydrogen-bond donors (Lipinski definition) is 1. The minimum Gasteiger partial charge on any atom is -0.461 e. The summed E-state index contributed by atoms with van der Waals surface area (Å²) in [6, 6.07) is 29.9. The highest BCUT2D eigenvalue weighted by Gasteiger charge is 2.41. The first-order valence-electron chi connectivity index (χ1n) is 12.5. The molecular formula is C31H29NO7S. The van der Waals surface area contributed by atoms with E-state index in [-0.39, 0.29) is 29.4 Å². The van der Waals surface area contributed by atoms with Crippen molar-refractivity contribution < 1.29 is 31.7 Å². The summed E-state index contributed by atoms with van der Waals surface area (Å²) in [7, 11) is -4.08. The molecule has 0 aliphatic rings. The van der Waals surface area contributed by atoms with E-state index in [2.05, 4.69) is 0 Å². The number of aryl methyl sites for hydroxylation is 1. The Bertz CT molecular complexity index is 1540. The van der Waals surface area contributed by atoms with Crippen LogP contribution in [0.1, 0.15) is 28.7 Å². The van der Waals surface area contributed by atoms with Crippen LogP contribution >= 0.6 is 0 Å². The predicted octanol–water partition coefficient (Wildman–Crippen LogP) is 4.79. The van der Waals surface area contributed by atoms with Gasteiger partial charge < -0.3 is 19.4 Å². The van der Waals surface area contributed by atoms with Gasteiger partial charge in [-0.15, -0.1) is 0 Å². The molecule has 8 nitrogen and oxygen atoms in total. The van der Waals surface area contributed by atoms with Crippen molar-refractivity contribution in [1.82, 2.24) is 0 Å². The third-order valence-electron chi connectivity index (χ3n) is 6.13. The van der Waals surface area contributed by atoms with Gasteiger partial charge in [-0.05, 0) is 47.9 Å². The molecule has 0 aliphatic carbocycles. The van der Waals surface area contributed by atoms with Crippen molar-refractivity contribution in [3.05, 3.63) is 131 Å². The van der Waals surface area contributed by atoms with Crippen molar-refractivity contribution in [3.8, 4) is 5.75 Å². The summed E-state index contributed by atoms with van der Waals surface area (Å²) >= 11 is 0. The summed E-state index contributed by atoms with van der Waals surface area (Å²) in [5.41, 5.74) is 7.29. The summed E-state index contributed by atoms with van der Waals surface area (Å²) in [6.07, 6.45) is -0.505. The monoisotopic (exact) mass is 559 g/mol. The van der Waals surface area contributed by atoms with Crippen LogP contribution in [0.4, 0.5) is 0 Å². The average molecular weight is 560 g/mol. The van der Waals surface area contributed by atoms with E-state index in [1.54, 1.807) is 36.4 Å². The zero-order valence-corrected chi connectivity index (χ0v) is 22.7. The second-order valence-corrected chi connectivity index (χ2v) is 10.8. The number of benzene rings is 4. The Morgan fingerprint density at radius 2 is 1.25 bits per heavy atom. The zero-order valence-electron chi connectivity index (χ0n) is 21.9. The topological polar surface area (TPSA) is 122 Å². The number of carbonyl (C=O) groups is 2. The van der Waals surface area contributed by atoms with E-state index >= 15 is 0 Å². The third-order valence-corrected chi connectivity index (χ3v) is 7.39. The molecule has 2 N–H and O–H groups in total. The van der Waals surface area contributed by atoms with Crippen LogP contribution in [0.3, 0.4) is 0 Å². The molecule has 1 atom stereocenters. The fraction of sp³-hybridized carbons (Fsp3) is 0.161. The van der Waals surface area contributed by atoms with Gasteiger partial charge in [0.2, 0.25) is 0 Å². The van der Waals surface area contributed by atoms with Crippen molar-refractivity contribution in [2.75, 3.05) is 0 Å². The van der Waals surface area contributed by atoms with E-state index in [9.17, 15) is 18.0 Å². The molecule has 0 saturated heterocycles. The Hall–Kier alpha value is -4.47. The third kappa shape index (κ3) is 7.34. The molecule has 0 amide bonds. The van der Waals surface area contributed by atoms with E-state index in [1.807, 2.05) is 43.3 Å². The lowest BCUT2D eigenvalue weighted by Crippen LogP contribution is -2.48. The maximum atomic E-state index is 13.3. The van der Waals surface area contributed by atoms with Crippen molar-refractivity contribution in [1.29, 1.82) is 0 Å². The van der Waals surface area contributed by atoms with Crippen LogP contribution in [0.25, 0.3) is 0 Å². The molecule has 0 aromatic heterocycles. The molecule has 0 aliphatic heterocycles. The maximum absolute atomic E-state index is 13.3. The second-order valence-electron chi connectivity index (χ2n) is 9.23. The molecule has 9 heteroatoms. The molecular weight excluding hydrogens is 530 g/mol. The standard InChI is InChI=1S/C31H29NO7S/c1-23-12-18-28(19-13-23)40(35,36)39-27-16-14-26(15-17-27)31(32,30(34)38-22-25-10-6-3-7-11-25)20-29(33)37-21-24-8-4-2-5-9-24/h2-19H,20-22,32H2,1H3. The minimum atomic E-state index is -4.08. The highest BCUT2D eigenvalue weighted by Crippen LogP contribution is 2.29. The number of ether oxygens (including phenoxy) is 2. The van der Waals surface area contributed by atoms with Gasteiger partial charge in [0, 0.05) is 0 Å². The largest absolute Gasteiger partial charge is 0.461 e. The van der Waals surface area contributed by atoms with Crippen molar-refractivity contribution in [3.63, 3.8) is 0 Å². The summed E-state index contributed by atoms with van der Waals surface area (Å²) in [6.45, 7) is 1.81. The van der Waals surface area contributed by atoms with Gasteiger partial charge in [-0.2, -0.15) is 8.42 Å². The Labute approximate surface area is 233 Å². The SMILES string of the molecule is Cc1ccc(S(=O)(=O)Oc2ccc(C(N)(CC(=O)OCc3ccccc3)C(=O)OCc3ccccc3)cc2)cc1. The van der Waals surface area contributed by atoms with Crippen LogP contribution in [0, 0.1) is 6.92 Å². The van der Waals surface area contributed by atoms with Crippen LogP contribution in [0.15, 0.2) is 114 Å². The molecule has 4 rings (SSSR count). The van der Waals surface area contributed by atoms with Gasteiger partial charge in [-0.25, -0.2) is 4.79 Å². The molecule has 4 aromatic carbocycles. The Morgan fingerprint density at radius 1 is 0.725 bits per heavy atom. The lowest BCUT2D eigenvalue weighted by atomic mass is 9.87. The normalized spacial score (nSPS) is 12.7. The maximum Gasteiger partial charge on any atom is 0.339 e. The van der Waals surface area contributed by atoms with E-state index in [0.717, 1.165) is 16.7 Å². The van der Waals surface area contributed by atoms with Gasteiger partial charge in [0.1, 0.15) is 23.9 Å². The predicted molar refractivity (Wildman–Crippen MR) is 148 cm³/mol. The van der Waals surface area contributed by atoms with Gasteiger partial charge in [0.05, 0.1) is 6.42 Å². The summed E-state index contributed by atoms with van der Waals surface area (Å²) in [5, 5.41) is 0. The Morgan fingerprint density at radius 3 is 1.80 bits per heavy atom. The molecule has 0 spiro atoms. The molecule has 4 aromatic rings. The molecule has 206 valence electrons. The number of hydrogen-bond acceptors (Lipinski definition) is 8. The number of carbonyl (C=O) groups excluding carboxylic acids is 2. The Kier molecular flexibility index (Phi) is 8.98. The highest BCUT2D eigenvalue weighted by molar-refractivity contribution is 7.87. The molecule has 1 unspecified atom stereocenters. The van der Waals surface area contributed by atoms with Crippen LogP contribution in [-0.4, -0.2) is 20.4 Å². The molecule has 0 radical (unpaired) electrons. The lowest BCUT2D eigenvalue weighted by Gasteiger charge is -2.27. The average Bonchev–Trinajstić information content (AvgIpc) is 2.96. The number of rotatable bonds is 11. The van der Waals surface area contributed by atoms with E-state index in [1.165, 1.54) is 36.4 Å². The first-order valence-corrected chi connectivity index (χ1v) is 13.9. The van der Waals surface area contributed by atoms with Crippen molar-refractivity contribution in [2.24, 2.45) is 5.73 Å². The smallest absolute Gasteiger partial charge is 0.339 e. The Balaban J connectivity index is 1.53. The first kappa shape index (κ1) is 28.5. The summed E-state index contributed by atoms with van der Waals surface area (Å²) in [4.78, 5) is 26.1. The summed E-state index contributed by atoms with van der Waals surface area (Å²) in [5.74, 6) is -1.53. The fourth-order valence-corrected chi connectivity index (χ4v) is 4.78. The zero-order chi connectivity index (χ0) is 28.6. The van der Waals surface area contributed by atoms with Crippen LogP contribution in [0.5, 0.6) is 5.75 Å². The van der Waals surface area contributed by atoms with E-state index < -0.39 is 34.0 Å². The molecule has 0 heterocycles. The fourth-order valence-electron chi connectivity index (χ4n) is 3.85. The first-order chi connectivity index (χ1) is 19.2. The van der Waals surface area contributed by atoms with E-state index in [0.29, 0.717) is 0 Å². The van der Waals surface area contributed by atoms with Gasteiger partial charge in [-0.1, -0.05) is 90.5 Å². The van der Waals surface area contributed by atoms with Gasteiger partial charge in [0.15, 0.2) is 5.54 Å². The number of nitrogens with two attached hydrogens (primary N) is 1. The molecule has 40 heavy (non-hydrogen) atoms. The van der Waals surface area contributed by atoms with Gasteiger partial charge in [-0.3, -0.25) is 4.79 Å². The van der Waals surface area contributed by atoms with E-state index in [4.69, 9.17) is 19.4 Å². The van der Waals surface area contributed by atoms with Crippen molar-refractivity contribution >= 4 is 22.1 Å². The molecule has 0 bridgehead atoms. The van der Waals surface area contributed by atoms with Crippen molar-refractivity contribution in [2.45, 2.75) is 37.0 Å². The quantitative estimate of drug-likeness (QED) is 0.206. The molecule has 0 fully saturated rings. The highest BCUT2D eigenvalue weighted by atomic mass is 32.2. The van der Waals surface area contributed by atoms with Gasteiger partial charge >= 0.3 is 22.1 Å². The second kappa shape index (κ2) is 12.6. The number of esters is 2. The summed E-state index contributed by atoms with van der Waals surface area (Å²) < 4.78 is 41.5. The van der Waals surface area contributed by atoms with Crippen LogP contribution in [0.2, 0.25) is 0 Å². The van der Waals surface area contributed by atoms with Crippen LogP contribution in [-0.2, 0) is 47.9 Å². The lowest BCUT2D eigenvalue weighted by molar-refractivity contribution is -0.158. The van der Waals surface area contributed by atoms with Gasteiger partial charge in [0.25, 0.3) is 0 Å².